The van der Waals surface area contributed by atoms with E-state index >= 15 is 0 Å². The molecular weight excluding hydrogens is 438 g/mol. The molecule has 1 amide bonds. The SMILES string of the molecule is Cc1cc(-n2nnc3c2CCN(C(=O)c2cc(C(F)(F)F)ccc2Cl)[C@@H]3C)ncc1F. The van der Waals surface area contributed by atoms with Crippen LogP contribution in [-0.2, 0) is 12.6 Å². The highest BCUT2D eigenvalue weighted by atomic mass is 35.5. The van der Waals surface area contributed by atoms with Gasteiger partial charge in [0.1, 0.15) is 11.5 Å². The average Bonchev–Trinajstić information content (AvgIpc) is 3.14. The molecule has 1 aliphatic heterocycles. The summed E-state index contributed by atoms with van der Waals surface area (Å²) >= 11 is 6.03. The maximum absolute atomic E-state index is 13.5. The van der Waals surface area contributed by atoms with Crippen molar-refractivity contribution in [1.29, 1.82) is 0 Å². The van der Waals surface area contributed by atoms with Gasteiger partial charge in [-0.15, -0.1) is 5.10 Å². The van der Waals surface area contributed by atoms with E-state index in [1.165, 1.54) is 15.6 Å². The molecule has 0 spiro atoms. The number of amides is 1. The highest BCUT2D eigenvalue weighted by molar-refractivity contribution is 6.33. The summed E-state index contributed by atoms with van der Waals surface area (Å²) < 4.78 is 54.3. The Hall–Kier alpha value is -3.01. The summed E-state index contributed by atoms with van der Waals surface area (Å²) in [7, 11) is 0. The topological polar surface area (TPSA) is 63.9 Å². The van der Waals surface area contributed by atoms with E-state index in [1.54, 1.807) is 13.8 Å². The molecule has 3 heterocycles. The van der Waals surface area contributed by atoms with Gasteiger partial charge >= 0.3 is 6.18 Å². The van der Waals surface area contributed by atoms with Crippen LogP contribution in [0.5, 0.6) is 0 Å². The monoisotopic (exact) mass is 453 g/mol. The maximum atomic E-state index is 13.5. The lowest BCUT2D eigenvalue weighted by molar-refractivity contribution is -0.137. The van der Waals surface area contributed by atoms with Crippen LogP contribution in [0.3, 0.4) is 0 Å². The van der Waals surface area contributed by atoms with Crippen LogP contribution in [0.25, 0.3) is 5.82 Å². The van der Waals surface area contributed by atoms with Crippen molar-refractivity contribution in [2.24, 2.45) is 0 Å². The summed E-state index contributed by atoms with van der Waals surface area (Å²) in [6, 6.07) is 3.64. The van der Waals surface area contributed by atoms with E-state index in [4.69, 9.17) is 11.6 Å². The molecule has 1 aliphatic rings. The first-order valence-corrected chi connectivity index (χ1v) is 9.70. The second-order valence-corrected chi connectivity index (χ2v) is 7.65. The molecule has 0 N–H and O–H groups in total. The third-order valence-corrected chi connectivity index (χ3v) is 5.61. The van der Waals surface area contributed by atoms with E-state index < -0.39 is 29.5 Å². The Labute approximate surface area is 179 Å². The van der Waals surface area contributed by atoms with E-state index in [9.17, 15) is 22.4 Å². The Morgan fingerprint density at radius 2 is 2.00 bits per heavy atom. The van der Waals surface area contributed by atoms with Gasteiger partial charge in [-0.25, -0.2) is 9.37 Å². The lowest BCUT2D eigenvalue weighted by Crippen LogP contribution is -2.39. The van der Waals surface area contributed by atoms with Gasteiger partial charge in [0.05, 0.1) is 34.1 Å². The number of aryl methyl sites for hydroxylation is 1. The second-order valence-electron chi connectivity index (χ2n) is 7.24. The number of aromatic nitrogens is 4. The van der Waals surface area contributed by atoms with Gasteiger partial charge in [-0.05, 0) is 43.7 Å². The molecule has 11 heteroatoms. The minimum Gasteiger partial charge on any atom is -0.330 e. The van der Waals surface area contributed by atoms with Crippen molar-refractivity contribution >= 4 is 17.5 Å². The highest BCUT2D eigenvalue weighted by Crippen LogP contribution is 2.35. The smallest absolute Gasteiger partial charge is 0.330 e. The van der Waals surface area contributed by atoms with E-state index in [2.05, 4.69) is 15.3 Å². The fourth-order valence-electron chi connectivity index (χ4n) is 3.56. The van der Waals surface area contributed by atoms with Gasteiger partial charge in [-0.1, -0.05) is 16.8 Å². The summed E-state index contributed by atoms with van der Waals surface area (Å²) in [4.78, 5) is 18.5. The van der Waals surface area contributed by atoms with Crippen LogP contribution in [0, 0.1) is 12.7 Å². The number of fused-ring (bicyclic) bond motifs is 1. The number of alkyl halides is 3. The van der Waals surface area contributed by atoms with Gasteiger partial charge in [-0.2, -0.15) is 17.9 Å². The summed E-state index contributed by atoms with van der Waals surface area (Å²) in [6.45, 7) is 3.53. The van der Waals surface area contributed by atoms with Gasteiger partial charge in [0.15, 0.2) is 5.82 Å². The van der Waals surface area contributed by atoms with Crippen molar-refractivity contribution in [3.05, 3.63) is 69.4 Å². The minimum atomic E-state index is -4.59. The second kappa shape index (κ2) is 7.60. The van der Waals surface area contributed by atoms with Crippen molar-refractivity contribution in [3.63, 3.8) is 0 Å². The zero-order chi connectivity index (χ0) is 22.5. The van der Waals surface area contributed by atoms with Crippen LogP contribution in [0.2, 0.25) is 5.02 Å². The molecule has 162 valence electrons. The number of nitrogens with zero attached hydrogens (tertiary/aromatic N) is 5. The number of hydrogen-bond acceptors (Lipinski definition) is 4. The first-order chi connectivity index (χ1) is 14.6. The third kappa shape index (κ3) is 3.76. The van der Waals surface area contributed by atoms with E-state index in [0.717, 1.165) is 24.4 Å². The van der Waals surface area contributed by atoms with Gasteiger partial charge in [0, 0.05) is 13.0 Å². The van der Waals surface area contributed by atoms with E-state index in [0.29, 0.717) is 29.2 Å². The molecule has 0 fully saturated rings. The number of hydrogen-bond donors (Lipinski definition) is 0. The molecule has 2 aromatic heterocycles. The molecule has 3 aromatic rings. The molecule has 0 saturated carbocycles. The molecule has 1 atom stereocenters. The van der Waals surface area contributed by atoms with Crippen molar-refractivity contribution in [2.45, 2.75) is 32.5 Å². The Bertz CT molecular complexity index is 1180. The van der Waals surface area contributed by atoms with Crippen molar-refractivity contribution in [3.8, 4) is 5.82 Å². The van der Waals surface area contributed by atoms with Gasteiger partial charge in [0.2, 0.25) is 0 Å². The maximum Gasteiger partial charge on any atom is 0.416 e. The van der Waals surface area contributed by atoms with Crippen molar-refractivity contribution < 1.29 is 22.4 Å². The molecule has 0 saturated heterocycles. The van der Waals surface area contributed by atoms with Gasteiger partial charge < -0.3 is 4.90 Å². The molecule has 1 aromatic carbocycles. The summed E-state index contributed by atoms with van der Waals surface area (Å²) in [5.41, 5.74) is 0.412. The van der Waals surface area contributed by atoms with Crippen LogP contribution in [0.4, 0.5) is 17.6 Å². The quantitative estimate of drug-likeness (QED) is 0.534. The van der Waals surface area contributed by atoms with E-state index in [-0.39, 0.29) is 17.1 Å². The Morgan fingerprint density at radius 3 is 2.68 bits per heavy atom. The van der Waals surface area contributed by atoms with E-state index in [1.807, 2.05) is 0 Å². The Kier molecular flexibility index (Phi) is 5.20. The fraction of sp³-hybridized carbons (Fsp3) is 0.300. The molecule has 4 rings (SSSR count). The largest absolute Gasteiger partial charge is 0.416 e. The van der Waals surface area contributed by atoms with Gasteiger partial charge in [-0.3, -0.25) is 4.79 Å². The molecule has 0 aliphatic carbocycles. The van der Waals surface area contributed by atoms with Crippen LogP contribution < -0.4 is 0 Å². The van der Waals surface area contributed by atoms with Gasteiger partial charge in [0.25, 0.3) is 5.91 Å². The zero-order valence-electron chi connectivity index (χ0n) is 16.4. The average molecular weight is 454 g/mol. The summed E-state index contributed by atoms with van der Waals surface area (Å²) in [5, 5.41) is 8.17. The van der Waals surface area contributed by atoms with Crippen molar-refractivity contribution in [1.82, 2.24) is 24.9 Å². The number of carbonyl (C=O) groups is 1. The molecule has 0 unspecified atom stereocenters. The summed E-state index contributed by atoms with van der Waals surface area (Å²) in [5.74, 6) is -0.680. The Balaban J connectivity index is 1.66. The van der Waals surface area contributed by atoms with Crippen molar-refractivity contribution in [2.75, 3.05) is 6.54 Å². The standard InChI is InChI=1S/C20H16ClF4N5O/c1-10-7-17(26-9-15(10)22)30-16-5-6-29(11(2)18(16)27-28-30)19(31)13-8-12(20(23,24)25)3-4-14(13)21/h3-4,7-9,11H,5-6H2,1-2H3/t11-/m1/s1. The molecule has 0 radical (unpaired) electrons. The first kappa shape index (κ1) is 21.2. The van der Waals surface area contributed by atoms with Crippen LogP contribution >= 0.6 is 11.6 Å². The third-order valence-electron chi connectivity index (χ3n) is 5.28. The first-order valence-electron chi connectivity index (χ1n) is 9.32. The van der Waals surface area contributed by atoms with Crippen LogP contribution in [0.15, 0.2) is 30.5 Å². The molecule has 31 heavy (non-hydrogen) atoms. The number of carbonyl (C=O) groups excluding carboxylic acids is 1. The lowest BCUT2D eigenvalue weighted by atomic mass is 10.0. The molecule has 0 bridgehead atoms. The zero-order valence-corrected chi connectivity index (χ0v) is 17.2. The predicted molar refractivity (Wildman–Crippen MR) is 103 cm³/mol. The van der Waals surface area contributed by atoms with Crippen LogP contribution in [-0.4, -0.2) is 37.3 Å². The highest BCUT2D eigenvalue weighted by Gasteiger charge is 2.36. The molecule has 6 nitrogen and oxygen atoms in total. The fourth-order valence-corrected chi connectivity index (χ4v) is 3.76. The minimum absolute atomic E-state index is 0.0642. The Morgan fingerprint density at radius 1 is 1.26 bits per heavy atom. The number of rotatable bonds is 2. The number of benzene rings is 1. The summed E-state index contributed by atoms with van der Waals surface area (Å²) in [6.07, 6.45) is -3.16. The lowest BCUT2D eigenvalue weighted by Gasteiger charge is -2.33. The molecular formula is C20H16ClF4N5O. The van der Waals surface area contributed by atoms with Crippen LogP contribution in [0.1, 0.15) is 45.8 Å². The normalized spacial score (nSPS) is 16.4. The predicted octanol–water partition coefficient (Wildman–Crippen LogP) is 4.54. The number of halogens is 5. The number of pyridine rings is 1.